The van der Waals surface area contributed by atoms with Crippen molar-refractivity contribution in [2.24, 2.45) is 0 Å². The number of aliphatic carboxylic acids is 1. The normalized spacial score (nSPS) is 15.5. The Morgan fingerprint density at radius 3 is 1.45 bits per heavy atom. The molecule has 0 bridgehead atoms. The minimum Gasteiger partial charge on any atom is -0.481 e. The summed E-state index contributed by atoms with van der Waals surface area (Å²) < 4.78 is 248. The molecule has 4 aromatic carbocycles. The van der Waals surface area contributed by atoms with Gasteiger partial charge in [0, 0.05) is 72.1 Å². The van der Waals surface area contributed by atoms with E-state index in [4.69, 9.17) is 0 Å². The van der Waals surface area contributed by atoms with Crippen LogP contribution in [0.5, 0.6) is 0 Å². The lowest BCUT2D eigenvalue weighted by atomic mass is 9.74. The second kappa shape index (κ2) is 26.1. The molecule has 1 aliphatic rings. The molecular formula is C49H65N5O22S8. The van der Waals surface area contributed by atoms with E-state index in [0.29, 0.717) is 52.9 Å². The van der Waals surface area contributed by atoms with Crippen LogP contribution in [0.25, 0.3) is 21.5 Å². The van der Waals surface area contributed by atoms with Crippen LogP contribution in [0.2, 0.25) is 0 Å². The molecule has 1 heterocycles. The molecule has 0 unspecified atom stereocenters. The van der Waals surface area contributed by atoms with Crippen molar-refractivity contribution >= 4 is 114 Å². The number of fused-ring (bicyclic) bond motifs is 4. The number of nitrogens with zero attached hydrogens (tertiary/aromatic N) is 1. The fourth-order valence-corrected chi connectivity index (χ4v) is 16.3. The predicted molar refractivity (Wildman–Crippen MR) is 314 cm³/mol. The molecule has 1 aliphatic heterocycles. The number of hydrogen-bond acceptors (Lipinski definition) is 18. The van der Waals surface area contributed by atoms with Crippen molar-refractivity contribution in [3.05, 3.63) is 113 Å². The minimum atomic E-state index is -4.80. The van der Waals surface area contributed by atoms with E-state index in [1.54, 1.807) is 77.1 Å². The van der Waals surface area contributed by atoms with E-state index in [2.05, 4.69) is 11.3 Å². The third-order valence-corrected chi connectivity index (χ3v) is 22.2. The molecule has 4 aromatic rings. The molecule has 27 nitrogen and oxygen atoms in total. The molecule has 84 heavy (non-hydrogen) atoms. The SMILES string of the molecule is C=C(/C=C/C=C/C=C1/N(CCCCCC(=O)O)c2ccc3c(S(=O)(=O)NCCS(=O)(=O)O)cc(S(=O)(=O)NCCS(=O)(=O)O)cc3c2C1(C)C)C(C)(C)c1c(C)ccc2c(S(=O)(=O)NCCS(=O)(=O)O)cc(S(=O)(=O)NCCS(=O)(=O)O)cc12. The number of benzene rings is 4. The third kappa shape index (κ3) is 18.0. The molecule has 5 rings (SSSR count). The topological polar surface area (TPSA) is 443 Å². The molecule has 0 saturated heterocycles. The van der Waals surface area contributed by atoms with E-state index in [1.165, 1.54) is 18.2 Å². The lowest BCUT2D eigenvalue weighted by Crippen LogP contribution is -2.31. The number of anilines is 1. The number of nitrogens with one attached hydrogen (secondary N) is 4. The van der Waals surface area contributed by atoms with Crippen molar-refractivity contribution in [3.63, 3.8) is 0 Å². The molecule has 0 aromatic heterocycles. The number of hydrogen-bond donors (Lipinski definition) is 9. The number of unbranched alkanes of at least 4 members (excludes halogenated alkanes) is 2. The Morgan fingerprint density at radius 2 is 1.00 bits per heavy atom. The number of rotatable bonds is 31. The lowest BCUT2D eigenvalue weighted by molar-refractivity contribution is -0.137. The Kier molecular flexibility index (Phi) is 21.6. The Hall–Kier alpha value is -5.09. The number of allylic oxidation sites excluding steroid dienone is 7. The molecular weight excluding hydrogens is 1270 g/mol. The van der Waals surface area contributed by atoms with Gasteiger partial charge in [-0.1, -0.05) is 83.2 Å². The molecule has 0 amide bonds. The molecule has 0 radical (unpaired) electrons. The van der Waals surface area contributed by atoms with E-state index < -0.39 is 166 Å². The maximum absolute atomic E-state index is 14.0. The number of carboxylic acid groups (broad SMARTS) is 1. The van der Waals surface area contributed by atoms with Gasteiger partial charge in [-0.3, -0.25) is 23.0 Å². The van der Waals surface area contributed by atoms with Crippen LogP contribution in [-0.4, -0.2) is 152 Å². The molecule has 466 valence electrons. The number of carboxylic acids is 1. The quantitative estimate of drug-likeness (QED) is 0.0198. The minimum absolute atomic E-state index is 0.0296. The zero-order valence-corrected chi connectivity index (χ0v) is 52.3. The highest BCUT2D eigenvalue weighted by molar-refractivity contribution is 7.91. The fourth-order valence-electron chi connectivity index (χ4n) is 9.47. The zero-order chi connectivity index (χ0) is 63.5. The first-order valence-corrected chi connectivity index (χ1v) is 37.4. The number of aryl methyl sites for hydroxylation is 1. The van der Waals surface area contributed by atoms with E-state index in [0.717, 1.165) is 18.2 Å². The highest BCUT2D eigenvalue weighted by Gasteiger charge is 2.42. The van der Waals surface area contributed by atoms with Gasteiger partial charge in [0.1, 0.15) is 0 Å². The van der Waals surface area contributed by atoms with Crippen LogP contribution in [-0.2, 0) is 96.2 Å². The van der Waals surface area contributed by atoms with Crippen LogP contribution in [0.1, 0.15) is 70.1 Å². The largest absolute Gasteiger partial charge is 0.481 e. The highest BCUT2D eigenvalue weighted by atomic mass is 32.2. The first-order chi connectivity index (χ1) is 38.3. The Bertz CT molecular complexity index is 4310. The van der Waals surface area contributed by atoms with E-state index in [9.17, 15) is 95.5 Å². The molecule has 0 aliphatic carbocycles. The van der Waals surface area contributed by atoms with Crippen LogP contribution in [0.15, 0.2) is 116 Å². The zero-order valence-electron chi connectivity index (χ0n) is 45.8. The van der Waals surface area contributed by atoms with Gasteiger partial charge in [-0.25, -0.2) is 52.6 Å². The maximum Gasteiger partial charge on any atom is 0.303 e. The molecule has 0 atom stereocenters. The average Bonchev–Trinajstić information content (AvgIpc) is 1.61. The first kappa shape index (κ1) is 69.7. The monoisotopic (exact) mass is 1330 g/mol. The summed E-state index contributed by atoms with van der Waals surface area (Å²) in [5, 5.41) is 9.37. The van der Waals surface area contributed by atoms with Gasteiger partial charge in [-0.05, 0) is 89.2 Å². The predicted octanol–water partition coefficient (Wildman–Crippen LogP) is 3.24. The van der Waals surface area contributed by atoms with Crippen LogP contribution < -0.4 is 23.8 Å². The van der Waals surface area contributed by atoms with Crippen molar-refractivity contribution in [1.29, 1.82) is 0 Å². The molecule has 35 heteroatoms. The Balaban J connectivity index is 1.64. The molecule has 0 spiro atoms. The standard InChI is InChI=1S/C49H65N5O22S8/c1-33-16-17-37-39(29-35(81(69,70)50-20-25-77(57,58)59)31-42(37)83(73,74)52-22-27-79(63,64)65)46(33)48(3,4)34(2)13-9-7-10-14-44-49(5,6)47-40-30-36(82(71,72)51-21-26-78(60,61)62)32-43(84(75,76)53-23-28-80(66,67)68)38(40)18-19-41(47)54(44)24-12-8-11-15-45(55)56/h7,9-10,13-14,16-19,29-32,50-53H,2,8,11-12,15,20-28H2,1,3-6H3,(H,55,56)(H,57,58,59)(H,60,61,62)(H,63,64,65)(H,66,67,68)/b10-7+,13-9+,44-14+. The Morgan fingerprint density at radius 1 is 0.571 bits per heavy atom. The van der Waals surface area contributed by atoms with E-state index in [-0.39, 0.29) is 34.5 Å². The maximum atomic E-state index is 14.0. The third-order valence-electron chi connectivity index (χ3n) is 13.5. The summed E-state index contributed by atoms with van der Waals surface area (Å²) in [4.78, 5) is 10.6. The summed E-state index contributed by atoms with van der Waals surface area (Å²) in [6.45, 7) is 9.90. The van der Waals surface area contributed by atoms with Gasteiger partial charge < -0.3 is 10.0 Å². The second-order valence-corrected chi connectivity index (χ2v) is 33.7. The summed E-state index contributed by atoms with van der Waals surface area (Å²) in [5.74, 6) is -5.15. The van der Waals surface area contributed by atoms with Gasteiger partial charge in [0.25, 0.3) is 40.5 Å². The number of carbonyl (C=O) groups is 1. The average molecular weight is 1330 g/mol. The van der Waals surface area contributed by atoms with E-state index >= 15 is 0 Å². The summed E-state index contributed by atoms with van der Waals surface area (Å²) in [7, 11) is -37.7. The van der Waals surface area contributed by atoms with Crippen LogP contribution >= 0.6 is 0 Å². The van der Waals surface area contributed by atoms with Gasteiger partial charge in [-0.15, -0.1) is 0 Å². The number of sulfonamides is 4. The van der Waals surface area contributed by atoms with Crippen LogP contribution in [0.3, 0.4) is 0 Å². The van der Waals surface area contributed by atoms with Crippen molar-refractivity contribution in [2.75, 3.05) is 60.6 Å². The van der Waals surface area contributed by atoms with Crippen molar-refractivity contribution in [2.45, 2.75) is 90.7 Å². The van der Waals surface area contributed by atoms with Crippen LogP contribution in [0.4, 0.5) is 5.69 Å². The van der Waals surface area contributed by atoms with Crippen molar-refractivity contribution in [3.8, 4) is 0 Å². The Labute approximate surface area is 489 Å². The fraction of sp³-hybridized carbons (Fsp3) is 0.408. The van der Waals surface area contributed by atoms with Gasteiger partial charge in [0.2, 0.25) is 40.1 Å². The van der Waals surface area contributed by atoms with Crippen molar-refractivity contribution in [1.82, 2.24) is 18.9 Å². The van der Waals surface area contributed by atoms with E-state index in [1.807, 2.05) is 19.1 Å². The first-order valence-electron chi connectivity index (χ1n) is 25.0. The molecule has 0 saturated carbocycles. The second-order valence-electron chi connectivity index (χ2n) is 20.4. The van der Waals surface area contributed by atoms with Gasteiger partial charge >= 0.3 is 5.97 Å². The smallest absolute Gasteiger partial charge is 0.303 e. The molecule has 9 N–H and O–H groups in total. The van der Waals surface area contributed by atoms with Gasteiger partial charge in [0.05, 0.1) is 42.6 Å². The van der Waals surface area contributed by atoms with Crippen LogP contribution in [0, 0.1) is 6.92 Å². The summed E-state index contributed by atoms with van der Waals surface area (Å²) >= 11 is 0. The lowest BCUT2D eigenvalue weighted by Gasteiger charge is -2.30. The summed E-state index contributed by atoms with van der Waals surface area (Å²) in [5.41, 5.74) is 0.434. The van der Waals surface area contributed by atoms with Crippen molar-refractivity contribution < 1.29 is 95.5 Å². The summed E-state index contributed by atoms with van der Waals surface area (Å²) in [6.07, 6.45) is 9.30. The highest BCUT2D eigenvalue weighted by Crippen LogP contribution is 2.52. The van der Waals surface area contributed by atoms with Gasteiger partial charge in [0.15, 0.2) is 0 Å². The molecule has 0 fully saturated rings. The van der Waals surface area contributed by atoms with Gasteiger partial charge in [-0.2, -0.15) is 33.7 Å². The summed E-state index contributed by atoms with van der Waals surface area (Å²) in [6, 6.07) is 9.85.